The van der Waals surface area contributed by atoms with Crippen molar-refractivity contribution in [1.29, 1.82) is 0 Å². The second-order valence-electron chi connectivity index (χ2n) is 6.21. The van der Waals surface area contributed by atoms with E-state index >= 15 is 0 Å². The third-order valence-corrected chi connectivity index (χ3v) is 4.91. The Labute approximate surface area is 162 Å². The van der Waals surface area contributed by atoms with Crippen LogP contribution in [-0.4, -0.2) is 25.5 Å². The van der Waals surface area contributed by atoms with Crippen molar-refractivity contribution in [2.75, 3.05) is 5.32 Å². The molecule has 2 aromatic carbocycles. The van der Waals surface area contributed by atoms with Gasteiger partial charge in [0.25, 0.3) is 5.91 Å². The summed E-state index contributed by atoms with van der Waals surface area (Å²) in [5, 5.41) is 12.2. The van der Waals surface area contributed by atoms with E-state index in [1.807, 2.05) is 19.3 Å². The zero-order chi connectivity index (χ0) is 19.1. The summed E-state index contributed by atoms with van der Waals surface area (Å²) in [6, 6.07) is 8.71. The Bertz CT molecular complexity index is 1180. The van der Waals surface area contributed by atoms with Gasteiger partial charge >= 0.3 is 0 Å². The summed E-state index contributed by atoms with van der Waals surface area (Å²) in [4.78, 5) is 12.6. The molecule has 0 aliphatic rings. The SMILES string of the molecule is Cc1ccc(Br)c(F)c1C(=O)Nc1ccc2cnn(-c3cnn(C)c3)c2c1. The van der Waals surface area contributed by atoms with Gasteiger partial charge in [-0.3, -0.25) is 9.48 Å². The number of halogens is 2. The molecule has 1 N–H and O–H groups in total. The first-order valence-corrected chi connectivity index (χ1v) is 8.96. The normalized spacial score (nSPS) is 11.1. The van der Waals surface area contributed by atoms with Crippen molar-refractivity contribution in [2.45, 2.75) is 6.92 Å². The van der Waals surface area contributed by atoms with Crippen molar-refractivity contribution in [1.82, 2.24) is 19.6 Å². The van der Waals surface area contributed by atoms with Gasteiger partial charge in [0.1, 0.15) is 11.5 Å². The lowest BCUT2D eigenvalue weighted by atomic mass is 10.1. The van der Waals surface area contributed by atoms with E-state index in [0.717, 1.165) is 16.6 Å². The van der Waals surface area contributed by atoms with Gasteiger partial charge < -0.3 is 5.32 Å². The topological polar surface area (TPSA) is 64.7 Å². The van der Waals surface area contributed by atoms with Gasteiger partial charge in [0, 0.05) is 18.1 Å². The largest absolute Gasteiger partial charge is 0.322 e. The van der Waals surface area contributed by atoms with E-state index in [1.165, 1.54) is 0 Å². The Morgan fingerprint density at radius 1 is 1.19 bits per heavy atom. The van der Waals surface area contributed by atoms with Crippen LogP contribution in [0, 0.1) is 12.7 Å². The van der Waals surface area contributed by atoms with Gasteiger partial charge in [-0.05, 0) is 52.7 Å². The van der Waals surface area contributed by atoms with Crippen LogP contribution < -0.4 is 5.32 Å². The lowest BCUT2D eigenvalue weighted by Gasteiger charge is -2.10. The minimum absolute atomic E-state index is 0.0187. The summed E-state index contributed by atoms with van der Waals surface area (Å²) in [7, 11) is 1.83. The molecule has 6 nitrogen and oxygen atoms in total. The highest BCUT2D eigenvalue weighted by molar-refractivity contribution is 9.10. The molecule has 2 heterocycles. The van der Waals surface area contributed by atoms with Crippen molar-refractivity contribution in [3.05, 3.63) is 70.3 Å². The molecule has 0 aliphatic carbocycles. The molecule has 27 heavy (non-hydrogen) atoms. The second-order valence-corrected chi connectivity index (χ2v) is 7.06. The van der Waals surface area contributed by atoms with Crippen LogP contribution in [0.5, 0.6) is 0 Å². The number of nitrogens with zero attached hydrogens (tertiary/aromatic N) is 4. The van der Waals surface area contributed by atoms with Crippen molar-refractivity contribution < 1.29 is 9.18 Å². The number of benzene rings is 2. The van der Waals surface area contributed by atoms with Gasteiger partial charge in [-0.15, -0.1) is 0 Å². The molecule has 0 aliphatic heterocycles. The molecule has 0 saturated heterocycles. The average Bonchev–Trinajstić information content (AvgIpc) is 3.24. The molecule has 8 heteroatoms. The number of hydrogen-bond donors (Lipinski definition) is 1. The van der Waals surface area contributed by atoms with Crippen LogP contribution in [-0.2, 0) is 7.05 Å². The number of aryl methyl sites for hydroxylation is 2. The quantitative estimate of drug-likeness (QED) is 0.532. The van der Waals surface area contributed by atoms with Crippen molar-refractivity contribution in [3.8, 4) is 5.69 Å². The smallest absolute Gasteiger partial charge is 0.258 e. The van der Waals surface area contributed by atoms with E-state index in [4.69, 9.17) is 0 Å². The molecule has 4 rings (SSSR count). The van der Waals surface area contributed by atoms with Crippen LogP contribution in [0.15, 0.2) is 53.4 Å². The van der Waals surface area contributed by atoms with Gasteiger partial charge in [-0.1, -0.05) is 6.07 Å². The molecular formula is C19H15BrFN5O. The van der Waals surface area contributed by atoms with Gasteiger partial charge in [-0.2, -0.15) is 10.2 Å². The van der Waals surface area contributed by atoms with Crippen molar-refractivity contribution in [3.63, 3.8) is 0 Å². The molecular weight excluding hydrogens is 413 g/mol. The fourth-order valence-corrected chi connectivity index (χ4v) is 3.27. The second kappa shape index (κ2) is 6.62. The monoisotopic (exact) mass is 427 g/mol. The maximum Gasteiger partial charge on any atom is 0.258 e. The first kappa shape index (κ1) is 17.4. The number of carbonyl (C=O) groups excluding carboxylic acids is 1. The number of carbonyl (C=O) groups is 1. The summed E-state index contributed by atoms with van der Waals surface area (Å²) in [5.41, 5.74) is 2.76. The number of anilines is 1. The molecule has 0 bridgehead atoms. The van der Waals surface area contributed by atoms with Gasteiger partial charge in [-0.25, -0.2) is 9.07 Å². The maximum atomic E-state index is 14.4. The molecule has 0 atom stereocenters. The third kappa shape index (κ3) is 3.12. The summed E-state index contributed by atoms with van der Waals surface area (Å²) in [6.45, 7) is 1.70. The highest BCUT2D eigenvalue weighted by Gasteiger charge is 2.18. The average molecular weight is 428 g/mol. The zero-order valence-electron chi connectivity index (χ0n) is 14.6. The maximum absolute atomic E-state index is 14.4. The standard InChI is InChI=1S/C19H15BrFN5O/c1-11-3-6-15(20)18(21)17(11)19(27)24-13-5-4-12-8-23-26(16(12)7-13)14-9-22-25(2)10-14/h3-10H,1-2H3,(H,24,27). The Hall–Kier alpha value is -3.00. The fraction of sp³-hybridized carbons (Fsp3) is 0.105. The van der Waals surface area contributed by atoms with E-state index in [1.54, 1.807) is 52.9 Å². The van der Waals surface area contributed by atoms with Crippen LogP contribution in [0.25, 0.3) is 16.6 Å². The molecule has 2 aromatic heterocycles. The molecule has 1 amide bonds. The highest BCUT2D eigenvalue weighted by atomic mass is 79.9. The number of aromatic nitrogens is 4. The third-order valence-electron chi connectivity index (χ3n) is 4.29. The molecule has 0 spiro atoms. The van der Waals surface area contributed by atoms with Crippen LogP contribution in [0.3, 0.4) is 0 Å². The summed E-state index contributed by atoms with van der Waals surface area (Å²) in [6.07, 6.45) is 5.29. The predicted octanol–water partition coefficient (Wildman–Crippen LogP) is 4.22. The first-order chi connectivity index (χ1) is 12.9. The van der Waals surface area contributed by atoms with Crippen LogP contribution in [0.1, 0.15) is 15.9 Å². The van der Waals surface area contributed by atoms with Crippen molar-refractivity contribution >= 4 is 38.4 Å². The number of hydrogen-bond acceptors (Lipinski definition) is 3. The minimum Gasteiger partial charge on any atom is -0.322 e. The number of fused-ring (bicyclic) bond motifs is 1. The minimum atomic E-state index is -0.575. The Morgan fingerprint density at radius 2 is 2.00 bits per heavy atom. The van der Waals surface area contributed by atoms with Gasteiger partial charge in [0.2, 0.25) is 0 Å². The van der Waals surface area contributed by atoms with E-state index in [9.17, 15) is 9.18 Å². The number of amides is 1. The van der Waals surface area contributed by atoms with Gasteiger partial charge in [0.05, 0.1) is 34.1 Å². The first-order valence-electron chi connectivity index (χ1n) is 8.17. The summed E-state index contributed by atoms with van der Waals surface area (Å²) < 4.78 is 18.1. The summed E-state index contributed by atoms with van der Waals surface area (Å²) in [5.74, 6) is -1.08. The zero-order valence-corrected chi connectivity index (χ0v) is 16.2. The van der Waals surface area contributed by atoms with E-state index in [2.05, 4.69) is 31.4 Å². The fourth-order valence-electron chi connectivity index (χ4n) is 2.94. The Kier molecular flexibility index (Phi) is 4.27. The highest BCUT2D eigenvalue weighted by Crippen LogP contribution is 2.25. The molecule has 0 saturated carbocycles. The molecule has 136 valence electrons. The van der Waals surface area contributed by atoms with E-state index < -0.39 is 11.7 Å². The molecule has 0 unspecified atom stereocenters. The van der Waals surface area contributed by atoms with Crippen molar-refractivity contribution in [2.24, 2.45) is 7.05 Å². The molecule has 0 fully saturated rings. The Morgan fingerprint density at radius 3 is 2.74 bits per heavy atom. The van der Waals surface area contributed by atoms with Gasteiger partial charge in [0.15, 0.2) is 0 Å². The predicted molar refractivity (Wildman–Crippen MR) is 105 cm³/mol. The molecule has 4 aromatic rings. The van der Waals surface area contributed by atoms with E-state index in [-0.39, 0.29) is 10.0 Å². The lowest BCUT2D eigenvalue weighted by Crippen LogP contribution is -2.15. The number of nitrogens with one attached hydrogen (secondary N) is 1. The van der Waals surface area contributed by atoms with Crippen LogP contribution >= 0.6 is 15.9 Å². The molecule has 0 radical (unpaired) electrons. The van der Waals surface area contributed by atoms with Crippen LogP contribution in [0.2, 0.25) is 0 Å². The number of rotatable bonds is 3. The Balaban J connectivity index is 1.71. The lowest BCUT2D eigenvalue weighted by molar-refractivity contribution is 0.102. The summed E-state index contributed by atoms with van der Waals surface area (Å²) >= 11 is 3.12. The van der Waals surface area contributed by atoms with E-state index in [0.29, 0.717) is 11.3 Å². The van der Waals surface area contributed by atoms with Crippen LogP contribution in [0.4, 0.5) is 10.1 Å².